The third-order valence-electron chi connectivity index (χ3n) is 4.61. The Morgan fingerprint density at radius 1 is 1.23 bits per heavy atom. The van der Waals surface area contributed by atoms with Gasteiger partial charge in [0.05, 0.1) is 5.69 Å². The van der Waals surface area contributed by atoms with Crippen molar-refractivity contribution in [1.82, 2.24) is 4.98 Å². The molecule has 0 unspecified atom stereocenters. The molecule has 1 aromatic heterocycles. The first-order valence-electron chi connectivity index (χ1n) is 8.52. The van der Waals surface area contributed by atoms with Crippen molar-refractivity contribution in [3.63, 3.8) is 0 Å². The van der Waals surface area contributed by atoms with Crippen LogP contribution in [0.3, 0.4) is 0 Å². The van der Waals surface area contributed by atoms with E-state index >= 15 is 0 Å². The normalized spacial score (nSPS) is 16.6. The van der Waals surface area contributed by atoms with Gasteiger partial charge in [-0.2, -0.15) is 0 Å². The van der Waals surface area contributed by atoms with Gasteiger partial charge in [-0.05, 0) is 23.8 Å². The van der Waals surface area contributed by atoms with Gasteiger partial charge in [-0.15, -0.1) is 23.7 Å². The fourth-order valence-electron chi connectivity index (χ4n) is 2.79. The number of hydrogen-bond acceptors (Lipinski definition) is 5. The first kappa shape index (κ1) is 20.8. The highest BCUT2D eigenvalue weighted by Crippen LogP contribution is 2.29. The smallest absolute Gasteiger partial charge is 0.246 e. The van der Waals surface area contributed by atoms with Crippen molar-refractivity contribution in [3.8, 4) is 11.3 Å². The summed E-state index contributed by atoms with van der Waals surface area (Å²) in [5.41, 5.74) is 8.65. The van der Waals surface area contributed by atoms with Crippen molar-refractivity contribution in [1.29, 1.82) is 0 Å². The number of rotatable bonds is 3. The van der Waals surface area contributed by atoms with Gasteiger partial charge in [0.15, 0.2) is 5.13 Å². The maximum Gasteiger partial charge on any atom is 0.246 e. The Morgan fingerprint density at radius 3 is 2.42 bits per heavy atom. The Morgan fingerprint density at radius 2 is 1.85 bits per heavy atom. The van der Waals surface area contributed by atoms with Gasteiger partial charge in [0.1, 0.15) is 5.54 Å². The summed E-state index contributed by atoms with van der Waals surface area (Å²) < 4.78 is 5.29. The van der Waals surface area contributed by atoms with Crippen LogP contribution in [0.4, 0.5) is 5.13 Å². The van der Waals surface area contributed by atoms with Gasteiger partial charge in [0, 0.05) is 24.2 Å². The number of nitrogens with two attached hydrogens (primary N) is 1. The lowest BCUT2D eigenvalue weighted by Crippen LogP contribution is -2.54. The number of carbonyl (C=O) groups excluding carboxylic acids is 1. The molecule has 0 bridgehead atoms. The molecule has 1 aliphatic rings. The fraction of sp³-hybridized carbons (Fsp3) is 0.474. The third kappa shape index (κ3) is 4.62. The Labute approximate surface area is 164 Å². The topological polar surface area (TPSA) is 77.2 Å². The summed E-state index contributed by atoms with van der Waals surface area (Å²) in [6.07, 6.45) is 1.07. The van der Waals surface area contributed by atoms with Crippen LogP contribution in [0, 0.1) is 0 Å². The van der Waals surface area contributed by atoms with Crippen molar-refractivity contribution < 1.29 is 9.53 Å². The molecule has 142 valence electrons. The summed E-state index contributed by atoms with van der Waals surface area (Å²) in [4.78, 5) is 17.0. The molecule has 5 nitrogen and oxygen atoms in total. The Kier molecular flexibility index (Phi) is 6.45. The average molecular weight is 396 g/mol. The van der Waals surface area contributed by atoms with E-state index in [0.717, 1.165) is 11.3 Å². The highest BCUT2D eigenvalue weighted by atomic mass is 35.5. The average Bonchev–Trinajstić information content (AvgIpc) is 3.03. The number of aromatic nitrogens is 1. The molecule has 3 rings (SSSR count). The highest BCUT2D eigenvalue weighted by Gasteiger charge is 2.36. The highest BCUT2D eigenvalue weighted by molar-refractivity contribution is 7.14. The minimum atomic E-state index is -0.863. The van der Waals surface area contributed by atoms with Crippen molar-refractivity contribution in [2.24, 2.45) is 5.73 Å². The maximum atomic E-state index is 12.5. The molecular formula is C19H26ClN3O2S. The number of anilines is 1. The maximum absolute atomic E-state index is 12.5. The summed E-state index contributed by atoms with van der Waals surface area (Å²) in [6.45, 7) is 7.62. The minimum Gasteiger partial charge on any atom is -0.381 e. The molecule has 0 radical (unpaired) electrons. The van der Waals surface area contributed by atoms with E-state index in [1.807, 2.05) is 5.38 Å². The number of nitrogens with zero attached hydrogens (tertiary/aromatic N) is 1. The molecule has 1 aliphatic heterocycles. The van der Waals surface area contributed by atoms with E-state index in [2.05, 4.69) is 55.3 Å². The summed E-state index contributed by atoms with van der Waals surface area (Å²) in [7, 11) is 0. The third-order valence-corrected chi connectivity index (χ3v) is 5.37. The van der Waals surface area contributed by atoms with E-state index in [0.29, 0.717) is 31.2 Å². The first-order valence-corrected chi connectivity index (χ1v) is 9.40. The second-order valence-electron chi connectivity index (χ2n) is 7.59. The van der Waals surface area contributed by atoms with E-state index in [1.165, 1.54) is 16.9 Å². The van der Waals surface area contributed by atoms with E-state index in [9.17, 15) is 4.79 Å². The molecular weight excluding hydrogens is 370 g/mol. The molecule has 1 fully saturated rings. The lowest BCUT2D eigenvalue weighted by Gasteiger charge is -2.31. The number of carbonyl (C=O) groups is 1. The van der Waals surface area contributed by atoms with E-state index in [4.69, 9.17) is 10.5 Å². The Hall–Kier alpha value is -1.47. The van der Waals surface area contributed by atoms with Crippen molar-refractivity contribution >= 4 is 34.8 Å². The zero-order valence-electron chi connectivity index (χ0n) is 15.4. The lowest BCUT2D eigenvalue weighted by atomic mass is 9.86. The predicted molar refractivity (Wildman–Crippen MR) is 109 cm³/mol. The standard InChI is InChI=1S/C19H25N3O2S.ClH/c1-18(2,3)14-6-4-13(5-7-14)15-12-25-17(21-15)22-16(23)19(20)8-10-24-11-9-19;/h4-7,12H,8-11,20H2,1-3H3,(H,21,22,23);1H. The van der Waals surface area contributed by atoms with Gasteiger partial charge in [-0.1, -0.05) is 45.0 Å². The van der Waals surface area contributed by atoms with Crippen molar-refractivity contribution in [2.75, 3.05) is 18.5 Å². The number of ether oxygens (including phenoxy) is 1. The van der Waals surface area contributed by atoms with Crippen LogP contribution in [-0.4, -0.2) is 29.6 Å². The summed E-state index contributed by atoms with van der Waals surface area (Å²) in [5.74, 6) is -0.181. The molecule has 0 saturated carbocycles. The number of thiazole rings is 1. The number of nitrogens with one attached hydrogen (secondary N) is 1. The molecule has 2 aromatic rings. The van der Waals surface area contributed by atoms with Crippen LogP contribution in [0.5, 0.6) is 0 Å². The van der Waals surface area contributed by atoms with Crippen molar-refractivity contribution in [2.45, 2.75) is 44.6 Å². The largest absolute Gasteiger partial charge is 0.381 e. The quantitative estimate of drug-likeness (QED) is 0.824. The SMILES string of the molecule is CC(C)(C)c1ccc(-c2csc(NC(=O)C3(N)CCOCC3)n2)cc1.Cl. The van der Waals surface area contributed by atoms with Crippen molar-refractivity contribution in [3.05, 3.63) is 35.2 Å². The van der Waals surface area contributed by atoms with Gasteiger partial charge >= 0.3 is 0 Å². The van der Waals surface area contributed by atoms with E-state index < -0.39 is 5.54 Å². The van der Waals surface area contributed by atoms with Gasteiger partial charge in [-0.25, -0.2) is 4.98 Å². The number of halogens is 1. The van der Waals surface area contributed by atoms with Crippen LogP contribution in [0.1, 0.15) is 39.2 Å². The Bertz CT molecular complexity index is 747. The lowest BCUT2D eigenvalue weighted by molar-refractivity contribution is -0.124. The number of hydrogen-bond donors (Lipinski definition) is 2. The zero-order chi connectivity index (χ0) is 18.1. The van der Waals surface area contributed by atoms with Crippen LogP contribution in [0.15, 0.2) is 29.6 Å². The van der Waals surface area contributed by atoms with E-state index in [1.54, 1.807) is 0 Å². The molecule has 1 amide bonds. The first-order chi connectivity index (χ1) is 11.8. The second-order valence-corrected chi connectivity index (χ2v) is 8.45. The molecule has 1 saturated heterocycles. The van der Waals surface area contributed by atoms with Gasteiger partial charge in [-0.3, -0.25) is 4.79 Å². The van der Waals surface area contributed by atoms with Crippen LogP contribution < -0.4 is 11.1 Å². The van der Waals surface area contributed by atoms with E-state index in [-0.39, 0.29) is 23.7 Å². The van der Waals surface area contributed by atoms with Crippen LogP contribution in [0.25, 0.3) is 11.3 Å². The minimum absolute atomic E-state index is 0. The monoisotopic (exact) mass is 395 g/mol. The molecule has 7 heteroatoms. The molecule has 2 heterocycles. The predicted octanol–water partition coefficient (Wildman–Crippen LogP) is 3.98. The van der Waals surface area contributed by atoms with Gasteiger partial charge in [0.25, 0.3) is 0 Å². The number of benzene rings is 1. The molecule has 26 heavy (non-hydrogen) atoms. The molecule has 0 aliphatic carbocycles. The van der Waals surface area contributed by atoms with Gasteiger partial charge < -0.3 is 15.8 Å². The van der Waals surface area contributed by atoms with Crippen LogP contribution in [0.2, 0.25) is 0 Å². The Balaban J connectivity index is 0.00000243. The summed E-state index contributed by atoms with van der Waals surface area (Å²) >= 11 is 1.42. The fourth-order valence-corrected chi connectivity index (χ4v) is 3.50. The summed E-state index contributed by atoms with van der Waals surface area (Å²) in [5, 5.41) is 5.40. The second kappa shape index (κ2) is 8.05. The number of amides is 1. The summed E-state index contributed by atoms with van der Waals surface area (Å²) in [6, 6.07) is 8.40. The molecule has 0 atom stereocenters. The molecule has 3 N–H and O–H groups in total. The van der Waals surface area contributed by atoms with Crippen LogP contribution >= 0.6 is 23.7 Å². The molecule has 0 spiro atoms. The van der Waals surface area contributed by atoms with Crippen LogP contribution in [-0.2, 0) is 14.9 Å². The van der Waals surface area contributed by atoms with Gasteiger partial charge in [0.2, 0.25) is 5.91 Å². The molecule has 1 aromatic carbocycles. The zero-order valence-corrected chi connectivity index (χ0v) is 17.0.